The second kappa shape index (κ2) is 6.96. The molecule has 1 saturated heterocycles. The lowest BCUT2D eigenvalue weighted by Crippen LogP contribution is -2.40. The van der Waals surface area contributed by atoms with Crippen molar-refractivity contribution in [2.24, 2.45) is 0 Å². The first-order valence-corrected chi connectivity index (χ1v) is 9.06. The summed E-state index contributed by atoms with van der Waals surface area (Å²) in [6, 6.07) is 6.88. The van der Waals surface area contributed by atoms with Gasteiger partial charge in [-0.2, -0.15) is 5.26 Å². The van der Waals surface area contributed by atoms with Gasteiger partial charge >= 0.3 is 0 Å². The molecule has 0 unspecified atom stereocenters. The van der Waals surface area contributed by atoms with Gasteiger partial charge in [0, 0.05) is 36.6 Å². The molecule has 136 valence electrons. The lowest BCUT2D eigenvalue weighted by molar-refractivity contribution is 0.210. The predicted molar refractivity (Wildman–Crippen MR) is 98.6 cm³/mol. The minimum atomic E-state index is 0.155. The summed E-state index contributed by atoms with van der Waals surface area (Å²) in [4.78, 5) is 11.3. The van der Waals surface area contributed by atoms with Gasteiger partial charge in [0.25, 0.3) is 0 Å². The molecular formula is C19H23N5O2. The van der Waals surface area contributed by atoms with E-state index < -0.39 is 0 Å². The second-order valence-corrected chi connectivity index (χ2v) is 6.92. The number of nitrogens with one attached hydrogen (secondary N) is 1. The van der Waals surface area contributed by atoms with Crippen LogP contribution >= 0.6 is 0 Å². The van der Waals surface area contributed by atoms with Crippen molar-refractivity contribution in [3.8, 4) is 17.6 Å². The maximum atomic E-state index is 9.29. The van der Waals surface area contributed by atoms with Gasteiger partial charge in [-0.1, -0.05) is 0 Å². The molecule has 2 fully saturated rings. The molecule has 0 atom stereocenters. The van der Waals surface area contributed by atoms with E-state index in [0.717, 1.165) is 37.4 Å². The first kappa shape index (κ1) is 16.9. The molecule has 1 aromatic carbocycles. The van der Waals surface area contributed by atoms with Crippen LogP contribution in [0.25, 0.3) is 10.9 Å². The van der Waals surface area contributed by atoms with E-state index in [9.17, 15) is 5.26 Å². The van der Waals surface area contributed by atoms with Gasteiger partial charge in [-0.15, -0.1) is 0 Å². The smallest absolute Gasteiger partial charge is 0.234 e. The number of nitrogens with zero attached hydrogens (tertiary/aromatic N) is 4. The SMILES string of the molecule is COc1cc2nc(C#N)nc(NC3CCN(C4CC4)CC3)c2cc1OC. The third kappa shape index (κ3) is 3.25. The van der Waals surface area contributed by atoms with Crippen molar-refractivity contribution in [1.29, 1.82) is 5.26 Å². The zero-order chi connectivity index (χ0) is 18.1. The zero-order valence-corrected chi connectivity index (χ0v) is 15.2. The number of hydrogen-bond acceptors (Lipinski definition) is 7. The minimum absolute atomic E-state index is 0.155. The molecule has 1 aliphatic heterocycles. The number of aromatic nitrogens is 2. The fourth-order valence-electron chi connectivity index (χ4n) is 3.66. The highest BCUT2D eigenvalue weighted by atomic mass is 16.5. The average Bonchev–Trinajstić information content (AvgIpc) is 3.52. The predicted octanol–water partition coefficient (Wildman–Crippen LogP) is 2.56. The molecule has 0 spiro atoms. The van der Waals surface area contributed by atoms with Gasteiger partial charge in [0.1, 0.15) is 11.9 Å². The monoisotopic (exact) mass is 353 g/mol. The Morgan fingerprint density at radius 1 is 1.08 bits per heavy atom. The molecule has 1 saturated carbocycles. The Bertz CT molecular complexity index is 851. The Labute approximate surface area is 152 Å². The molecular weight excluding hydrogens is 330 g/mol. The zero-order valence-electron chi connectivity index (χ0n) is 15.2. The van der Waals surface area contributed by atoms with Crippen LogP contribution in [0.15, 0.2) is 12.1 Å². The summed E-state index contributed by atoms with van der Waals surface area (Å²) in [5.74, 6) is 2.06. The number of anilines is 1. The number of nitriles is 1. The summed E-state index contributed by atoms with van der Waals surface area (Å²) >= 11 is 0. The Hall–Kier alpha value is -2.59. The first-order chi connectivity index (χ1) is 12.7. The molecule has 0 amide bonds. The molecule has 4 rings (SSSR count). The maximum Gasteiger partial charge on any atom is 0.234 e. The highest BCUT2D eigenvalue weighted by Crippen LogP contribution is 2.35. The Morgan fingerprint density at radius 3 is 2.38 bits per heavy atom. The molecule has 0 bridgehead atoms. The summed E-state index contributed by atoms with van der Waals surface area (Å²) in [7, 11) is 3.19. The van der Waals surface area contributed by atoms with E-state index in [-0.39, 0.29) is 5.82 Å². The fraction of sp³-hybridized carbons (Fsp3) is 0.526. The quantitative estimate of drug-likeness (QED) is 0.884. The average molecular weight is 353 g/mol. The Morgan fingerprint density at radius 2 is 1.77 bits per heavy atom. The van der Waals surface area contributed by atoms with Crippen LogP contribution in [0.3, 0.4) is 0 Å². The Balaban J connectivity index is 1.63. The number of benzene rings is 1. The van der Waals surface area contributed by atoms with Crippen LogP contribution in [0.2, 0.25) is 0 Å². The molecule has 1 aromatic heterocycles. The van der Waals surface area contributed by atoms with E-state index in [4.69, 9.17) is 9.47 Å². The van der Waals surface area contributed by atoms with E-state index in [1.165, 1.54) is 12.8 Å². The van der Waals surface area contributed by atoms with Gasteiger partial charge in [-0.25, -0.2) is 9.97 Å². The lowest BCUT2D eigenvalue weighted by Gasteiger charge is -2.32. The van der Waals surface area contributed by atoms with Crippen LogP contribution in [0.4, 0.5) is 5.82 Å². The highest BCUT2D eigenvalue weighted by Gasteiger charge is 2.32. The highest BCUT2D eigenvalue weighted by molar-refractivity contribution is 5.92. The van der Waals surface area contributed by atoms with Crippen molar-refractivity contribution in [1.82, 2.24) is 14.9 Å². The number of fused-ring (bicyclic) bond motifs is 1. The molecule has 26 heavy (non-hydrogen) atoms. The van der Waals surface area contributed by atoms with E-state index in [1.807, 2.05) is 6.07 Å². The van der Waals surface area contributed by atoms with Crippen molar-refractivity contribution in [2.45, 2.75) is 37.8 Å². The summed E-state index contributed by atoms with van der Waals surface area (Å²) < 4.78 is 10.8. The summed E-state index contributed by atoms with van der Waals surface area (Å²) in [5, 5.41) is 13.7. The largest absolute Gasteiger partial charge is 0.493 e. The fourth-order valence-corrected chi connectivity index (χ4v) is 3.66. The van der Waals surface area contributed by atoms with E-state index in [0.29, 0.717) is 28.9 Å². The van der Waals surface area contributed by atoms with Crippen molar-refractivity contribution in [3.63, 3.8) is 0 Å². The maximum absolute atomic E-state index is 9.29. The molecule has 2 heterocycles. The molecule has 1 aliphatic carbocycles. The van der Waals surface area contributed by atoms with Gasteiger partial charge in [0.05, 0.1) is 19.7 Å². The van der Waals surface area contributed by atoms with Crippen LogP contribution < -0.4 is 14.8 Å². The van der Waals surface area contributed by atoms with Crippen LogP contribution in [-0.4, -0.2) is 54.3 Å². The molecule has 1 N–H and O–H groups in total. The van der Waals surface area contributed by atoms with Crippen LogP contribution in [-0.2, 0) is 0 Å². The second-order valence-electron chi connectivity index (χ2n) is 6.92. The van der Waals surface area contributed by atoms with E-state index >= 15 is 0 Å². The number of piperidine rings is 1. The third-order valence-corrected chi connectivity index (χ3v) is 5.23. The molecule has 2 aromatic rings. The Kier molecular flexibility index (Phi) is 4.51. The molecule has 7 heteroatoms. The van der Waals surface area contributed by atoms with Crippen LogP contribution in [0.5, 0.6) is 11.5 Å². The van der Waals surface area contributed by atoms with Crippen molar-refractivity contribution in [3.05, 3.63) is 18.0 Å². The van der Waals surface area contributed by atoms with Crippen molar-refractivity contribution >= 4 is 16.7 Å². The van der Waals surface area contributed by atoms with E-state index in [2.05, 4.69) is 26.3 Å². The third-order valence-electron chi connectivity index (χ3n) is 5.23. The summed E-state index contributed by atoms with van der Waals surface area (Å²) in [5.41, 5.74) is 0.673. The van der Waals surface area contributed by atoms with Crippen LogP contribution in [0.1, 0.15) is 31.5 Å². The normalized spacial score (nSPS) is 18.5. The summed E-state index contributed by atoms with van der Waals surface area (Å²) in [6.45, 7) is 2.24. The van der Waals surface area contributed by atoms with Gasteiger partial charge < -0.3 is 19.7 Å². The number of rotatable bonds is 5. The number of methoxy groups -OCH3 is 2. The van der Waals surface area contributed by atoms with Gasteiger partial charge in [0.15, 0.2) is 11.5 Å². The van der Waals surface area contributed by atoms with Crippen LogP contribution in [0, 0.1) is 11.3 Å². The molecule has 7 nitrogen and oxygen atoms in total. The topological polar surface area (TPSA) is 83.3 Å². The number of hydrogen-bond donors (Lipinski definition) is 1. The molecule has 0 radical (unpaired) electrons. The summed E-state index contributed by atoms with van der Waals surface area (Å²) in [6.07, 6.45) is 4.86. The van der Waals surface area contributed by atoms with E-state index in [1.54, 1.807) is 20.3 Å². The number of likely N-dealkylation sites (tertiary alicyclic amines) is 1. The standard InChI is InChI=1S/C19H23N5O2/c1-25-16-9-14-15(10-17(16)26-2)22-18(11-20)23-19(14)21-12-5-7-24(8-6-12)13-3-4-13/h9-10,12-13H,3-8H2,1-2H3,(H,21,22,23). The molecule has 2 aliphatic rings. The van der Waals surface area contributed by atoms with Crippen molar-refractivity contribution < 1.29 is 9.47 Å². The van der Waals surface area contributed by atoms with Gasteiger partial charge in [0.2, 0.25) is 5.82 Å². The van der Waals surface area contributed by atoms with Crippen molar-refractivity contribution in [2.75, 3.05) is 32.6 Å². The number of ether oxygens (including phenoxy) is 2. The first-order valence-electron chi connectivity index (χ1n) is 9.06. The lowest BCUT2D eigenvalue weighted by atomic mass is 10.0. The van der Waals surface area contributed by atoms with Gasteiger partial charge in [-0.3, -0.25) is 0 Å². The minimum Gasteiger partial charge on any atom is -0.493 e. The van der Waals surface area contributed by atoms with Gasteiger partial charge in [-0.05, 0) is 31.7 Å².